The molecule has 10 heteroatoms. The van der Waals surface area contributed by atoms with Crippen LogP contribution in [0.15, 0.2) is 54.7 Å². The Morgan fingerprint density at radius 1 is 1.05 bits per heavy atom. The molecule has 0 bridgehead atoms. The van der Waals surface area contributed by atoms with E-state index in [4.69, 9.17) is 26.8 Å². The van der Waals surface area contributed by atoms with Crippen LogP contribution >= 0.6 is 11.6 Å². The molecule has 0 radical (unpaired) electrons. The normalized spacial score (nSPS) is 13.3. The third kappa shape index (κ3) is 5.89. The molecule has 9 nitrogen and oxygen atoms in total. The number of anilines is 2. The first kappa shape index (κ1) is 26.1. The van der Waals surface area contributed by atoms with Crippen LogP contribution in [0.1, 0.15) is 15.9 Å². The van der Waals surface area contributed by atoms with Gasteiger partial charge >= 0.3 is 6.09 Å². The van der Waals surface area contributed by atoms with Gasteiger partial charge in [-0.05, 0) is 29.8 Å². The molecule has 194 valence electrons. The molecule has 1 aliphatic rings. The minimum absolute atomic E-state index is 0.146. The van der Waals surface area contributed by atoms with Crippen LogP contribution in [0.4, 0.5) is 16.3 Å². The van der Waals surface area contributed by atoms with Gasteiger partial charge in [0.15, 0.2) is 5.82 Å². The van der Waals surface area contributed by atoms with E-state index in [1.54, 1.807) is 44.4 Å². The lowest BCUT2D eigenvalue weighted by Crippen LogP contribution is -2.49. The third-order valence-electron chi connectivity index (χ3n) is 6.22. The number of carbonyl (C=O) groups is 2. The molecule has 0 aliphatic carbocycles. The highest BCUT2D eigenvalue weighted by molar-refractivity contribution is 6.34. The maximum atomic E-state index is 12.6. The van der Waals surface area contributed by atoms with Crippen molar-refractivity contribution in [2.75, 3.05) is 58.0 Å². The first-order valence-electron chi connectivity index (χ1n) is 11.8. The second-order valence-corrected chi connectivity index (χ2v) is 9.28. The molecule has 2 aromatic carbocycles. The number of rotatable bonds is 6. The number of methoxy groups -OCH3 is 1. The summed E-state index contributed by atoms with van der Waals surface area (Å²) in [5.41, 5.74) is 9.75. The predicted octanol–water partition coefficient (Wildman–Crippen LogP) is 4.15. The summed E-state index contributed by atoms with van der Waals surface area (Å²) in [6, 6.07) is 14.6. The van der Waals surface area contributed by atoms with E-state index in [9.17, 15) is 9.59 Å². The van der Waals surface area contributed by atoms with E-state index < -0.39 is 0 Å². The topological polar surface area (TPSA) is 101 Å². The molecule has 1 aromatic heterocycles. The minimum atomic E-state index is -0.366. The summed E-state index contributed by atoms with van der Waals surface area (Å²) >= 11 is 6.37. The van der Waals surface area contributed by atoms with Gasteiger partial charge in [-0.15, -0.1) is 0 Å². The molecule has 4 rings (SSSR count). The van der Waals surface area contributed by atoms with Crippen LogP contribution < -0.4 is 15.4 Å². The molecular weight excluding hydrogens is 494 g/mol. The largest absolute Gasteiger partial charge is 0.496 e. The van der Waals surface area contributed by atoms with Crippen molar-refractivity contribution in [3.63, 3.8) is 0 Å². The number of ether oxygens (including phenoxy) is 2. The summed E-state index contributed by atoms with van der Waals surface area (Å²) in [5, 5.41) is 0.368. The minimum Gasteiger partial charge on any atom is -0.496 e. The Kier molecular flexibility index (Phi) is 8.03. The van der Waals surface area contributed by atoms with Crippen molar-refractivity contribution < 1.29 is 19.1 Å². The van der Waals surface area contributed by atoms with Crippen LogP contribution in [0.5, 0.6) is 5.75 Å². The fraction of sp³-hybridized carbons (Fsp3) is 0.296. The van der Waals surface area contributed by atoms with Gasteiger partial charge in [0.05, 0.1) is 23.4 Å². The standard InChI is InChI=1S/C27H30ClN5O4/c1-31(2)26(34)21-9-8-18(14-22(21)28)20-15-23(29)25(30-16-20)32-10-12-33(13-11-32)27(35)37-17-19-6-4-5-7-24(19)36-3/h4-9,14-16H,10-13,17,29H2,1-3H3. The summed E-state index contributed by atoms with van der Waals surface area (Å²) < 4.78 is 10.8. The Morgan fingerprint density at radius 3 is 2.43 bits per heavy atom. The van der Waals surface area contributed by atoms with E-state index in [0.29, 0.717) is 54.0 Å². The SMILES string of the molecule is COc1ccccc1COC(=O)N1CCN(c2ncc(-c3ccc(C(=O)N(C)C)c(Cl)c3)cc2N)CC1. The molecule has 0 unspecified atom stereocenters. The number of hydrogen-bond acceptors (Lipinski definition) is 7. The second-order valence-electron chi connectivity index (χ2n) is 8.87. The number of nitrogens with zero attached hydrogens (tertiary/aromatic N) is 4. The Bertz CT molecular complexity index is 1290. The number of halogens is 1. The zero-order valence-electron chi connectivity index (χ0n) is 21.1. The number of pyridine rings is 1. The molecule has 0 spiro atoms. The molecular formula is C27H30ClN5O4. The number of piperazine rings is 1. The van der Waals surface area contributed by atoms with E-state index in [1.807, 2.05) is 36.4 Å². The Balaban J connectivity index is 1.37. The molecule has 0 saturated carbocycles. The van der Waals surface area contributed by atoms with Gasteiger partial charge in [-0.25, -0.2) is 9.78 Å². The molecule has 1 saturated heterocycles. The number of carbonyl (C=O) groups excluding carboxylic acids is 2. The fourth-order valence-corrected chi connectivity index (χ4v) is 4.42. The number of para-hydroxylation sites is 1. The summed E-state index contributed by atoms with van der Waals surface area (Å²) in [6.45, 7) is 2.28. The number of benzene rings is 2. The van der Waals surface area contributed by atoms with Crippen LogP contribution in [0.3, 0.4) is 0 Å². The van der Waals surface area contributed by atoms with Crippen molar-refractivity contribution in [2.45, 2.75) is 6.61 Å². The Labute approximate surface area is 221 Å². The van der Waals surface area contributed by atoms with Crippen LogP contribution in [0.2, 0.25) is 5.02 Å². The Morgan fingerprint density at radius 2 is 1.78 bits per heavy atom. The predicted molar refractivity (Wildman–Crippen MR) is 144 cm³/mol. The number of hydrogen-bond donors (Lipinski definition) is 1. The molecule has 2 heterocycles. The van der Waals surface area contributed by atoms with E-state index in [0.717, 1.165) is 16.7 Å². The smallest absolute Gasteiger partial charge is 0.410 e. The number of amides is 2. The molecule has 2 amide bonds. The monoisotopic (exact) mass is 523 g/mol. The van der Waals surface area contributed by atoms with Crippen molar-refractivity contribution >= 4 is 35.1 Å². The zero-order valence-corrected chi connectivity index (χ0v) is 21.9. The summed E-state index contributed by atoms with van der Waals surface area (Å²) in [6.07, 6.45) is 1.37. The van der Waals surface area contributed by atoms with Crippen LogP contribution in [-0.2, 0) is 11.3 Å². The fourth-order valence-electron chi connectivity index (χ4n) is 4.16. The van der Waals surface area contributed by atoms with Crippen LogP contribution in [0, 0.1) is 0 Å². The van der Waals surface area contributed by atoms with Gasteiger partial charge in [0.25, 0.3) is 5.91 Å². The lowest BCUT2D eigenvalue weighted by Gasteiger charge is -2.35. The average Bonchev–Trinajstić information content (AvgIpc) is 2.91. The third-order valence-corrected chi connectivity index (χ3v) is 6.53. The molecule has 2 N–H and O–H groups in total. The molecule has 3 aromatic rings. The highest BCUT2D eigenvalue weighted by Gasteiger charge is 2.24. The molecule has 1 fully saturated rings. The zero-order chi connectivity index (χ0) is 26.5. The van der Waals surface area contributed by atoms with Crippen molar-refractivity contribution in [1.82, 2.24) is 14.8 Å². The number of nitrogens with two attached hydrogens (primary N) is 1. The average molecular weight is 524 g/mol. The Hall–Kier alpha value is -3.98. The van der Waals surface area contributed by atoms with Gasteiger partial charge < -0.3 is 29.9 Å². The van der Waals surface area contributed by atoms with Crippen molar-refractivity contribution in [3.05, 3.63) is 70.9 Å². The van der Waals surface area contributed by atoms with Gasteiger partial charge in [-0.2, -0.15) is 0 Å². The quantitative estimate of drug-likeness (QED) is 0.518. The van der Waals surface area contributed by atoms with E-state index in [1.165, 1.54) is 4.90 Å². The molecule has 37 heavy (non-hydrogen) atoms. The van der Waals surface area contributed by atoms with Gasteiger partial charge in [0.2, 0.25) is 0 Å². The van der Waals surface area contributed by atoms with Crippen LogP contribution in [0.25, 0.3) is 11.1 Å². The lowest BCUT2D eigenvalue weighted by molar-refractivity contribution is 0.0827. The van der Waals surface area contributed by atoms with Crippen molar-refractivity contribution in [3.8, 4) is 16.9 Å². The van der Waals surface area contributed by atoms with Crippen molar-refractivity contribution in [2.24, 2.45) is 0 Å². The van der Waals surface area contributed by atoms with E-state index >= 15 is 0 Å². The maximum absolute atomic E-state index is 12.6. The summed E-state index contributed by atoms with van der Waals surface area (Å²) in [4.78, 5) is 34.6. The van der Waals surface area contributed by atoms with E-state index in [-0.39, 0.29) is 18.6 Å². The molecule has 0 atom stereocenters. The first-order chi connectivity index (χ1) is 17.8. The second kappa shape index (κ2) is 11.4. The molecule has 1 aliphatic heterocycles. The van der Waals surface area contributed by atoms with E-state index in [2.05, 4.69) is 9.88 Å². The van der Waals surface area contributed by atoms with Gasteiger partial charge in [0.1, 0.15) is 12.4 Å². The van der Waals surface area contributed by atoms with Gasteiger partial charge in [0, 0.05) is 57.6 Å². The highest BCUT2D eigenvalue weighted by Crippen LogP contribution is 2.30. The maximum Gasteiger partial charge on any atom is 0.410 e. The number of nitrogen functional groups attached to an aromatic ring is 1. The number of aromatic nitrogens is 1. The summed E-state index contributed by atoms with van der Waals surface area (Å²) in [5.74, 6) is 1.19. The van der Waals surface area contributed by atoms with Crippen LogP contribution in [-0.4, -0.2) is 74.2 Å². The first-order valence-corrected chi connectivity index (χ1v) is 12.2. The van der Waals surface area contributed by atoms with Crippen molar-refractivity contribution in [1.29, 1.82) is 0 Å². The van der Waals surface area contributed by atoms with Gasteiger partial charge in [-0.3, -0.25) is 4.79 Å². The summed E-state index contributed by atoms with van der Waals surface area (Å²) in [7, 11) is 4.95. The highest BCUT2D eigenvalue weighted by atomic mass is 35.5. The lowest BCUT2D eigenvalue weighted by atomic mass is 10.0. The van der Waals surface area contributed by atoms with Gasteiger partial charge in [-0.1, -0.05) is 35.9 Å².